The SMILES string of the molecule is c1ccc(-c2ccc(-c3cc(-c4cccc(-c5ccccc5)c4)nc(-c4cccc5c4[nH]c4c(-c6cc(-c7ccccc7)ccn6)cccc45)c3)cc2)cc1. The van der Waals surface area contributed by atoms with Crippen molar-refractivity contribution in [2.75, 3.05) is 0 Å². The summed E-state index contributed by atoms with van der Waals surface area (Å²) in [4.78, 5) is 14.1. The van der Waals surface area contributed by atoms with E-state index < -0.39 is 0 Å². The lowest BCUT2D eigenvalue weighted by atomic mass is 9.96. The summed E-state index contributed by atoms with van der Waals surface area (Å²) in [7, 11) is 0. The number of benzene rings is 7. The maximum absolute atomic E-state index is 5.41. The van der Waals surface area contributed by atoms with E-state index in [2.05, 4.69) is 199 Å². The third-order valence-corrected chi connectivity index (χ3v) is 10.5. The number of aromatic nitrogens is 3. The van der Waals surface area contributed by atoms with Crippen molar-refractivity contribution in [2.24, 2.45) is 0 Å². The zero-order valence-electron chi connectivity index (χ0n) is 30.0. The summed E-state index contributed by atoms with van der Waals surface area (Å²) in [6, 6.07) is 70.8. The first-order valence-corrected chi connectivity index (χ1v) is 18.6. The lowest BCUT2D eigenvalue weighted by molar-refractivity contribution is 1.32. The van der Waals surface area contributed by atoms with Crippen molar-refractivity contribution in [3.05, 3.63) is 206 Å². The summed E-state index contributed by atoms with van der Waals surface area (Å²) < 4.78 is 0. The predicted octanol–water partition coefficient (Wildman–Crippen LogP) is 13.8. The molecule has 0 amide bonds. The van der Waals surface area contributed by atoms with Crippen LogP contribution in [0.3, 0.4) is 0 Å². The molecule has 1 N–H and O–H groups in total. The molecule has 3 aromatic heterocycles. The molecule has 3 nitrogen and oxygen atoms in total. The van der Waals surface area contributed by atoms with E-state index in [0.717, 1.165) is 77.8 Å². The van der Waals surface area contributed by atoms with Crippen LogP contribution in [0.1, 0.15) is 0 Å². The molecule has 7 aromatic carbocycles. The molecular weight excluding hydrogens is 667 g/mol. The van der Waals surface area contributed by atoms with Crippen LogP contribution in [0, 0.1) is 0 Å². The van der Waals surface area contributed by atoms with E-state index in [-0.39, 0.29) is 0 Å². The number of hydrogen-bond donors (Lipinski definition) is 1. The van der Waals surface area contributed by atoms with Crippen LogP contribution in [0.2, 0.25) is 0 Å². The highest BCUT2D eigenvalue weighted by Gasteiger charge is 2.17. The number of pyridine rings is 2. The van der Waals surface area contributed by atoms with E-state index in [9.17, 15) is 0 Å². The molecule has 0 atom stereocenters. The molecule has 55 heavy (non-hydrogen) atoms. The lowest BCUT2D eigenvalue weighted by Gasteiger charge is -2.13. The Morgan fingerprint density at radius 2 is 0.727 bits per heavy atom. The molecule has 10 rings (SSSR count). The molecule has 0 bridgehead atoms. The first-order chi connectivity index (χ1) is 27.2. The second kappa shape index (κ2) is 13.9. The van der Waals surface area contributed by atoms with E-state index in [0.29, 0.717) is 0 Å². The molecule has 0 fully saturated rings. The second-order valence-corrected chi connectivity index (χ2v) is 13.9. The highest BCUT2D eigenvalue weighted by molar-refractivity contribution is 6.15. The fourth-order valence-corrected chi connectivity index (χ4v) is 7.72. The highest BCUT2D eigenvalue weighted by Crippen LogP contribution is 2.39. The van der Waals surface area contributed by atoms with E-state index in [1.807, 2.05) is 12.3 Å². The number of aromatic amines is 1. The maximum Gasteiger partial charge on any atom is 0.0736 e. The molecule has 258 valence electrons. The zero-order chi connectivity index (χ0) is 36.6. The minimum atomic E-state index is 0.910. The van der Waals surface area contributed by atoms with Gasteiger partial charge in [-0.2, -0.15) is 0 Å². The Bertz CT molecular complexity index is 2950. The van der Waals surface area contributed by atoms with E-state index in [1.54, 1.807) is 0 Å². The number of nitrogens with one attached hydrogen (secondary N) is 1. The number of hydrogen-bond acceptors (Lipinski definition) is 2. The largest absolute Gasteiger partial charge is 0.353 e. The maximum atomic E-state index is 5.41. The van der Waals surface area contributed by atoms with Crippen LogP contribution in [-0.4, -0.2) is 15.0 Å². The van der Waals surface area contributed by atoms with E-state index >= 15 is 0 Å². The van der Waals surface area contributed by atoms with Crippen LogP contribution < -0.4 is 0 Å². The van der Waals surface area contributed by atoms with Crippen molar-refractivity contribution < 1.29 is 0 Å². The van der Waals surface area contributed by atoms with Gasteiger partial charge in [-0.3, -0.25) is 4.98 Å². The minimum absolute atomic E-state index is 0.910. The molecule has 3 heterocycles. The number of H-pyrrole nitrogens is 1. The average molecular weight is 702 g/mol. The Hall–Kier alpha value is -7.36. The smallest absolute Gasteiger partial charge is 0.0736 e. The van der Waals surface area contributed by atoms with Crippen LogP contribution in [-0.2, 0) is 0 Å². The Labute approximate surface area is 320 Å². The van der Waals surface area contributed by atoms with Crippen LogP contribution in [0.25, 0.3) is 100 Å². The first kappa shape index (κ1) is 32.3. The molecule has 3 heteroatoms. The van der Waals surface area contributed by atoms with Gasteiger partial charge in [0.1, 0.15) is 0 Å². The van der Waals surface area contributed by atoms with Crippen molar-refractivity contribution in [2.45, 2.75) is 0 Å². The molecule has 0 aliphatic rings. The van der Waals surface area contributed by atoms with Crippen LogP contribution in [0.4, 0.5) is 0 Å². The predicted molar refractivity (Wildman–Crippen MR) is 229 cm³/mol. The van der Waals surface area contributed by atoms with Gasteiger partial charge in [0.05, 0.1) is 28.1 Å². The van der Waals surface area contributed by atoms with Crippen LogP contribution in [0.5, 0.6) is 0 Å². The zero-order valence-corrected chi connectivity index (χ0v) is 30.0. The van der Waals surface area contributed by atoms with Crippen molar-refractivity contribution in [1.29, 1.82) is 0 Å². The second-order valence-electron chi connectivity index (χ2n) is 13.9. The third-order valence-electron chi connectivity index (χ3n) is 10.5. The lowest BCUT2D eigenvalue weighted by Crippen LogP contribution is -1.93. The molecule has 0 radical (unpaired) electrons. The van der Waals surface area contributed by atoms with Gasteiger partial charge in [-0.25, -0.2) is 4.98 Å². The number of rotatable bonds is 7. The van der Waals surface area contributed by atoms with Gasteiger partial charge < -0.3 is 4.98 Å². The topological polar surface area (TPSA) is 41.6 Å². The van der Waals surface area contributed by atoms with Gasteiger partial charge in [-0.15, -0.1) is 0 Å². The Morgan fingerprint density at radius 1 is 0.291 bits per heavy atom. The fraction of sp³-hybridized carbons (Fsp3) is 0. The fourth-order valence-electron chi connectivity index (χ4n) is 7.72. The van der Waals surface area contributed by atoms with Crippen molar-refractivity contribution in [3.8, 4) is 78.3 Å². The van der Waals surface area contributed by atoms with E-state index in [1.165, 1.54) is 22.3 Å². The molecule has 0 unspecified atom stereocenters. The summed E-state index contributed by atoms with van der Waals surface area (Å²) in [6.07, 6.45) is 1.90. The van der Waals surface area contributed by atoms with Crippen LogP contribution >= 0.6 is 0 Å². The molecule has 0 aliphatic carbocycles. The van der Waals surface area contributed by atoms with Gasteiger partial charge in [0.25, 0.3) is 0 Å². The first-order valence-electron chi connectivity index (χ1n) is 18.6. The van der Waals surface area contributed by atoms with Gasteiger partial charge in [0.15, 0.2) is 0 Å². The molecule has 10 aromatic rings. The average Bonchev–Trinajstić information content (AvgIpc) is 3.67. The highest BCUT2D eigenvalue weighted by atomic mass is 14.8. The Morgan fingerprint density at radius 3 is 1.35 bits per heavy atom. The normalized spacial score (nSPS) is 11.3. The third kappa shape index (κ3) is 6.18. The molecular formula is C52H35N3. The molecule has 0 aliphatic heterocycles. The van der Waals surface area contributed by atoms with Crippen LogP contribution in [0.15, 0.2) is 206 Å². The summed E-state index contributed by atoms with van der Waals surface area (Å²) in [6.45, 7) is 0. The van der Waals surface area contributed by atoms with Gasteiger partial charge in [0.2, 0.25) is 0 Å². The Balaban J connectivity index is 1.13. The summed E-state index contributed by atoms with van der Waals surface area (Å²) >= 11 is 0. The molecule has 0 saturated carbocycles. The Kier molecular flexibility index (Phi) is 8.16. The van der Waals surface area contributed by atoms with Gasteiger partial charge in [-0.1, -0.05) is 170 Å². The van der Waals surface area contributed by atoms with Gasteiger partial charge >= 0.3 is 0 Å². The number of para-hydroxylation sites is 2. The number of fused-ring (bicyclic) bond motifs is 3. The monoisotopic (exact) mass is 701 g/mol. The van der Waals surface area contributed by atoms with Crippen molar-refractivity contribution >= 4 is 21.8 Å². The van der Waals surface area contributed by atoms with Gasteiger partial charge in [0, 0.05) is 33.7 Å². The van der Waals surface area contributed by atoms with Crippen molar-refractivity contribution in [3.63, 3.8) is 0 Å². The summed E-state index contributed by atoms with van der Waals surface area (Å²) in [5, 5.41) is 2.31. The number of nitrogens with zero attached hydrogens (tertiary/aromatic N) is 2. The summed E-state index contributed by atoms with van der Waals surface area (Å²) in [5.41, 5.74) is 17.4. The standard InChI is InChI=1S/C52H35N3/c1-4-13-35(14-5-1)38-25-27-39(28-26-38)43-33-48(42-20-10-19-40(31-42)36-15-6-2-7-16-36)54-50(34-43)47-24-12-22-45-44-21-11-23-46(51(44)55-52(45)47)49-32-41(29-30-53-49)37-17-8-3-9-18-37/h1-34,55H. The summed E-state index contributed by atoms with van der Waals surface area (Å²) in [5.74, 6) is 0. The van der Waals surface area contributed by atoms with E-state index in [4.69, 9.17) is 9.97 Å². The molecule has 0 saturated heterocycles. The van der Waals surface area contributed by atoms with Gasteiger partial charge in [-0.05, 0) is 74.8 Å². The minimum Gasteiger partial charge on any atom is -0.353 e. The quantitative estimate of drug-likeness (QED) is 0.180. The molecule has 0 spiro atoms. The van der Waals surface area contributed by atoms with Crippen molar-refractivity contribution in [1.82, 2.24) is 15.0 Å².